The Morgan fingerprint density at radius 1 is 0.853 bits per heavy atom. The summed E-state index contributed by atoms with van der Waals surface area (Å²) in [7, 11) is 0. The topological polar surface area (TPSA) is 126 Å². The third-order valence-corrected chi connectivity index (χ3v) is 5.04. The second kappa shape index (κ2) is 11.0. The van der Waals surface area contributed by atoms with Gasteiger partial charge in [-0.25, -0.2) is 0 Å². The Bertz CT molecular complexity index is 1070. The number of nitrogens with one attached hydrogen (secondary N) is 1. The highest BCUT2D eigenvalue weighted by molar-refractivity contribution is 5.83. The molecule has 0 aromatic heterocycles. The molecule has 34 heavy (non-hydrogen) atoms. The number of benzene rings is 2. The lowest BCUT2D eigenvalue weighted by atomic mass is 9.96. The summed E-state index contributed by atoms with van der Waals surface area (Å²) in [6.07, 6.45) is -4.55. The highest BCUT2D eigenvalue weighted by atomic mass is 16.7. The molecule has 0 spiro atoms. The van der Waals surface area contributed by atoms with Crippen molar-refractivity contribution in [3.63, 3.8) is 0 Å². The zero-order chi connectivity index (χ0) is 24.8. The normalized spacial score (nSPS) is 24.1. The van der Waals surface area contributed by atoms with Gasteiger partial charge in [0.25, 0.3) is 0 Å². The van der Waals surface area contributed by atoms with E-state index in [9.17, 15) is 19.2 Å². The number of carbonyl (C=O) groups excluding carboxylic acids is 4. The van der Waals surface area contributed by atoms with E-state index in [1.807, 2.05) is 30.3 Å². The average Bonchev–Trinajstić information content (AvgIpc) is 2.75. The molecule has 0 bridgehead atoms. The number of esters is 3. The molecule has 1 aliphatic heterocycles. The Morgan fingerprint density at radius 3 is 2.12 bits per heavy atom. The van der Waals surface area contributed by atoms with Gasteiger partial charge in [0.15, 0.2) is 12.2 Å². The first-order valence-electron chi connectivity index (χ1n) is 10.7. The molecule has 182 valence electrons. The van der Waals surface area contributed by atoms with Crippen molar-refractivity contribution in [2.45, 2.75) is 58.3 Å². The second-order valence-electron chi connectivity index (χ2n) is 7.85. The lowest BCUT2D eigenvalue weighted by Gasteiger charge is -2.44. The fourth-order valence-electron chi connectivity index (χ4n) is 3.77. The molecule has 5 atom stereocenters. The molecular formula is C24H27NO9. The number of fused-ring (bicyclic) bond motifs is 1. The molecule has 0 saturated carbocycles. The van der Waals surface area contributed by atoms with E-state index >= 15 is 0 Å². The first-order chi connectivity index (χ1) is 16.1. The van der Waals surface area contributed by atoms with Crippen LogP contribution in [0, 0.1) is 0 Å². The number of amides is 1. The molecule has 0 unspecified atom stereocenters. The zero-order valence-corrected chi connectivity index (χ0v) is 19.3. The summed E-state index contributed by atoms with van der Waals surface area (Å²) >= 11 is 0. The van der Waals surface area contributed by atoms with Crippen LogP contribution >= 0.6 is 0 Å². The van der Waals surface area contributed by atoms with Crippen molar-refractivity contribution in [1.82, 2.24) is 5.32 Å². The van der Waals surface area contributed by atoms with E-state index in [4.69, 9.17) is 23.7 Å². The molecule has 1 heterocycles. The minimum absolute atomic E-state index is 0.296. The van der Waals surface area contributed by atoms with Crippen LogP contribution in [0.1, 0.15) is 27.7 Å². The standard InChI is InChI=1S/C24H27NO9/c1-13(26)25-21-23(32-16(4)29)22(31-15(3)28)20(12-30-14(2)27)34-24(21)33-19-10-9-17-7-5-6-8-18(17)11-19/h5-11,20-24H,12H2,1-4H3,(H,25,26)/t20-,21+,22+,23+,24+/m0/s1. The number of ether oxygens (including phenoxy) is 5. The predicted octanol–water partition coefficient (Wildman–Crippen LogP) is 1.87. The van der Waals surface area contributed by atoms with Crippen molar-refractivity contribution in [3.05, 3.63) is 42.5 Å². The Balaban J connectivity index is 1.98. The summed E-state index contributed by atoms with van der Waals surface area (Å²) in [5.41, 5.74) is 0. The number of hydrogen-bond donors (Lipinski definition) is 1. The van der Waals surface area contributed by atoms with Gasteiger partial charge in [0.2, 0.25) is 12.2 Å². The minimum atomic E-state index is -1.18. The van der Waals surface area contributed by atoms with E-state index in [0.29, 0.717) is 5.75 Å². The SMILES string of the molecule is CC(=O)N[C@H]1[C@H](Oc2ccc3ccccc3c2)O[C@@H](COC(C)=O)[C@@H](OC(C)=O)[C@@H]1OC(C)=O. The first kappa shape index (κ1) is 25.0. The van der Waals surface area contributed by atoms with Crippen LogP contribution in [0.4, 0.5) is 0 Å². The highest BCUT2D eigenvalue weighted by Gasteiger charge is 2.51. The Morgan fingerprint density at radius 2 is 1.50 bits per heavy atom. The van der Waals surface area contributed by atoms with E-state index < -0.39 is 54.5 Å². The summed E-state index contributed by atoms with van der Waals surface area (Å²) < 4.78 is 28.0. The molecule has 1 fully saturated rings. The number of carbonyl (C=O) groups is 4. The van der Waals surface area contributed by atoms with Crippen LogP contribution in [0.3, 0.4) is 0 Å². The highest BCUT2D eigenvalue weighted by Crippen LogP contribution is 2.30. The molecule has 2 aromatic carbocycles. The van der Waals surface area contributed by atoms with Crippen molar-refractivity contribution in [2.75, 3.05) is 6.61 Å². The zero-order valence-electron chi connectivity index (χ0n) is 19.3. The maximum atomic E-state index is 12.0. The fourth-order valence-corrected chi connectivity index (χ4v) is 3.77. The summed E-state index contributed by atoms with van der Waals surface area (Å²) in [5, 5.41) is 4.58. The van der Waals surface area contributed by atoms with Crippen LogP contribution in [0.25, 0.3) is 10.8 Å². The van der Waals surface area contributed by atoms with Gasteiger partial charge in [-0.05, 0) is 22.9 Å². The minimum Gasteiger partial charge on any atom is -0.463 e. The van der Waals surface area contributed by atoms with Gasteiger partial charge >= 0.3 is 17.9 Å². The van der Waals surface area contributed by atoms with E-state index in [2.05, 4.69) is 5.32 Å². The van der Waals surface area contributed by atoms with Gasteiger partial charge in [-0.1, -0.05) is 30.3 Å². The van der Waals surface area contributed by atoms with Crippen LogP contribution < -0.4 is 10.1 Å². The molecule has 1 saturated heterocycles. The number of rotatable bonds is 7. The van der Waals surface area contributed by atoms with Crippen molar-refractivity contribution in [3.8, 4) is 5.75 Å². The lowest BCUT2D eigenvalue weighted by molar-refractivity contribution is -0.257. The van der Waals surface area contributed by atoms with Gasteiger partial charge in [-0.3, -0.25) is 19.2 Å². The van der Waals surface area contributed by atoms with Crippen molar-refractivity contribution < 1.29 is 42.9 Å². The van der Waals surface area contributed by atoms with Gasteiger partial charge < -0.3 is 29.0 Å². The smallest absolute Gasteiger partial charge is 0.303 e. The average molecular weight is 473 g/mol. The number of hydrogen-bond acceptors (Lipinski definition) is 9. The molecule has 2 aromatic rings. The lowest BCUT2D eigenvalue weighted by Crippen LogP contribution is -2.67. The van der Waals surface area contributed by atoms with Gasteiger partial charge in [0, 0.05) is 27.7 Å². The van der Waals surface area contributed by atoms with Gasteiger partial charge in [0.1, 0.15) is 24.5 Å². The van der Waals surface area contributed by atoms with Gasteiger partial charge in [-0.15, -0.1) is 0 Å². The third-order valence-electron chi connectivity index (χ3n) is 5.04. The molecular weight excluding hydrogens is 446 g/mol. The molecule has 0 radical (unpaired) electrons. The molecule has 0 aliphatic carbocycles. The van der Waals surface area contributed by atoms with Crippen LogP contribution in [0.2, 0.25) is 0 Å². The summed E-state index contributed by atoms with van der Waals surface area (Å²) in [4.78, 5) is 47.1. The monoisotopic (exact) mass is 473 g/mol. The van der Waals surface area contributed by atoms with Crippen molar-refractivity contribution >= 4 is 34.6 Å². The van der Waals surface area contributed by atoms with Crippen LogP contribution in [-0.2, 0) is 38.1 Å². The van der Waals surface area contributed by atoms with Crippen LogP contribution in [-0.4, -0.2) is 61.1 Å². The largest absolute Gasteiger partial charge is 0.463 e. The van der Waals surface area contributed by atoms with E-state index in [1.54, 1.807) is 12.1 Å². The summed E-state index contributed by atoms with van der Waals surface area (Å²) in [6, 6.07) is 12.0. The molecule has 1 aliphatic rings. The van der Waals surface area contributed by atoms with Crippen molar-refractivity contribution in [2.24, 2.45) is 0 Å². The molecule has 1 N–H and O–H groups in total. The van der Waals surface area contributed by atoms with E-state index in [1.165, 1.54) is 27.7 Å². The maximum Gasteiger partial charge on any atom is 0.303 e. The second-order valence-corrected chi connectivity index (χ2v) is 7.85. The van der Waals surface area contributed by atoms with Crippen LogP contribution in [0.15, 0.2) is 42.5 Å². The molecule has 10 nitrogen and oxygen atoms in total. The molecule has 1 amide bonds. The Kier molecular flexibility index (Phi) is 8.06. The van der Waals surface area contributed by atoms with E-state index in [0.717, 1.165) is 10.8 Å². The van der Waals surface area contributed by atoms with Gasteiger partial charge in [0.05, 0.1) is 0 Å². The van der Waals surface area contributed by atoms with Crippen molar-refractivity contribution in [1.29, 1.82) is 0 Å². The first-order valence-corrected chi connectivity index (χ1v) is 10.7. The molecule has 3 rings (SSSR count). The fraction of sp³-hybridized carbons (Fsp3) is 0.417. The van der Waals surface area contributed by atoms with Crippen LogP contribution in [0.5, 0.6) is 5.75 Å². The summed E-state index contributed by atoms with van der Waals surface area (Å²) in [5.74, 6) is -1.94. The van der Waals surface area contributed by atoms with E-state index in [-0.39, 0.29) is 6.61 Å². The Hall–Kier alpha value is -3.66. The summed E-state index contributed by atoms with van der Waals surface area (Å²) in [6.45, 7) is 4.57. The predicted molar refractivity (Wildman–Crippen MR) is 119 cm³/mol. The third kappa shape index (κ3) is 6.44. The maximum absolute atomic E-state index is 12.0. The Labute approximate surface area is 196 Å². The molecule has 10 heteroatoms. The van der Waals surface area contributed by atoms with Gasteiger partial charge in [-0.2, -0.15) is 0 Å². The quantitative estimate of drug-likeness (QED) is 0.474.